The van der Waals surface area contributed by atoms with E-state index in [1.807, 2.05) is 43.9 Å². The van der Waals surface area contributed by atoms with Crippen LogP contribution in [-0.2, 0) is 20.1 Å². The Morgan fingerprint density at radius 2 is 2.05 bits per heavy atom. The molecule has 114 valence electrons. The van der Waals surface area contributed by atoms with Gasteiger partial charge in [0.05, 0.1) is 19.4 Å². The fraction of sp³-hybridized carbons (Fsp3) is 0.438. The molecule has 0 atom stereocenters. The number of benzene rings is 1. The topological polar surface area (TPSA) is 48.3 Å². The minimum absolute atomic E-state index is 0.633. The lowest BCUT2D eigenvalue weighted by atomic mass is 10.2. The highest BCUT2D eigenvalue weighted by atomic mass is 16.5. The molecule has 0 aliphatic heterocycles. The summed E-state index contributed by atoms with van der Waals surface area (Å²) in [4.78, 5) is 0. The maximum absolute atomic E-state index is 5.52. The van der Waals surface area contributed by atoms with Crippen LogP contribution in [0.1, 0.15) is 23.7 Å². The maximum Gasteiger partial charge on any atom is 0.161 e. The summed E-state index contributed by atoms with van der Waals surface area (Å²) in [5.74, 6) is 1.56. The van der Waals surface area contributed by atoms with Gasteiger partial charge < -0.3 is 14.8 Å². The molecule has 0 aliphatic rings. The number of hydrogen-bond acceptors (Lipinski definition) is 4. The van der Waals surface area contributed by atoms with Gasteiger partial charge in [0, 0.05) is 31.9 Å². The van der Waals surface area contributed by atoms with Gasteiger partial charge in [0.15, 0.2) is 11.5 Å². The number of aryl methyl sites for hydroxylation is 2. The van der Waals surface area contributed by atoms with E-state index in [1.165, 1.54) is 5.56 Å². The van der Waals surface area contributed by atoms with Gasteiger partial charge in [-0.3, -0.25) is 4.68 Å². The number of hydrogen-bond donors (Lipinski definition) is 1. The molecule has 5 heteroatoms. The van der Waals surface area contributed by atoms with Gasteiger partial charge in [-0.15, -0.1) is 0 Å². The van der Waals surface area contributed by atoms with Crippen LogP contribution in [0.3, 0.4) is 0 Å². The van der Waals surface area contributed by atoms with E-state index in [0.717, 1.165) is 35.8 Å². The lowest BCUT2D eigenvalue weighted by molar-refractivity contribution is 0.310. The molecular weight excluding hydrogens is 266 g/mol. The van der Waals surface area contributed by atoms with Gasteiger partial charge in [-0.1, -0.05) is 6.07 Å². The van der Waals surface area contributed by atoms with E-state index in [2.05, 4.69) is 16.5 Å². The first kappa shape index (κ1) is 15.4. The Hall–Kier alpha value is -2.01. The van der Waals surface area contributed by atoms with Crippen LogP contribution in [0.5, 0.6) is 11.5 Å². The number of nitrogens with zero attached hydrogens (tertiary/aromatic N) is 2. The van der Waals surface area contributed by atoms with E-state index < -0.39 is 0 Å². The summed E-state index contributed by atoms with van der Waals surface area (Å²) in [6.07, 6.45) is 2.04. The summed E-state index contributed by atoms with van der Waals surface area (Å²) in [5, 5.41) is 7.76. The minimum atomic E-state index is 0.633. The molecule has 0 bridgehead atoms. The molecule has 1 heterocycles. The summed E-state index contributed by atoms with van der Waals surface area (Å²) in [5.41, 5.74) is 3.45. The SMILES string of the molecule is CCOc1ccc(CNCc2cn(C)nc2C)cc1OC. The average Bonchev–Trinajstić information content (AvgIpc) is 2.79. The Morgan fingerprint density at radius 3 is 2.67 bits per heavy atom. The first-order valence-corrected chi connectivity index (χ1v) is 7.13. The molecule has 0 spiro atoms. The van der Waals surface area contributed by atoms with Crippen LogP contribution in [0.25, 0.3) is 0 Å². The van der Waals surface area contributed by atoms with Crippen molar-refractivity contribution in [3.05, 3.63) is 41.2 Å². The molecule has 0 unspecified atom stereocenters. The minimum Gasteiger partial charge on any atom is -0.493 e. The maximum atomic E-state index is 5.52. The molecule has 21 heavy (non-hydrogen) atoms. The quantitative estimate of drug-likeness (QED) is 0.850. The second-order valence-electron chi connectivity index (χ2n) is 4.94. The van der Waals surface area contributed by atoms with Crippen molar-refractivity contribution in [3.63, 3.8) is 0 Å². The Morgan fingerprint density at radius 1 is 1.24 bits per heavy atom. The van der Waals surface area contributed by atoms with Crippen LogP contribution in [0.4, 0.5) is 0 Å². The van der Waals surface area contributed by atoms with Crippen molar-refractivity contribution in [2.75, 3.05) is 13.7 Å². The van der Waals surface area contributed by atoms with Crippen LogP contribution >= 0.6 is 0 Å². The highest BCUT2D eigenvalue weighted by molar-refractivity contribution is 5.42. The smallest absolute Gasteiger partial charge is 0.161 e. The highest BCUT2D eigenvalue weighted by Crippen LogP contribution is 2.27. The fourth-order valence-electron chi connectivity index (χ4n) is 2.26. The van der Waals surface area contributed by atoms with Crippen molar-refractivity contribution < 1.29 is 9.47 Å². The third-order valence-corrected chi connectivity index (χ3v) is 3.29. The summed E-state index contributed by atoms with van der Waals surface area (Å²) < 4.78 is 12.7. The van der Waals surface area contributed by atoms with E-state index in [-0.39, 0.29) is 0 Å². The molecule has 2 rings (SSSR count). The van der Waals surface area contributed by atoms with Gasteiger partial charge in [0.2, 0.25) is 0 Å². The standard InChI is InChI=1S/C16H23N3O2/c1-5-21-15-7-6-13(8-16(15)20-4)9-17-10-14-11-19(3)18-12(14)2/h6-8,11,17H,5,9-10H2,1-4H3. The van der Waals surface area contributed by atoms with Crippen molar-refractivity contribution in [2.45, 2.75) is 26.9 Å². The lowest BCUT2D eigenvalue weighted by Crippen LogP contribution is -2.13. The second kappa shape index (κ2) is 7.13. The number of methoxy groups -OCH3 is 1. The predicted molar refractivity (Wildman–Crippen MR) is 82.7 cm³/mol. The molecule has 5 nitrogen and oxygen atoms in total. The molecule has 0 saturated carbocycles. The van der Waals surface area contributed by atoms with Gasteiger partial charge in [-0.05, 0) is 31.5 Å². The summed E-state index contributed by atoms with van der Waals surface area (Å²) >= 11 is 0. The van der Waals surface area contributed by atoms with Crippen LogP contribution < -0.4 is 14.8 Å². The van der Waals surface area contributed by atoms with Crippen molar-refractivity contribution in [2.24, 2.45) is 7.05 Å². The Balaban J connectivity index is 1.95. The van der Waals surface area contributed by atoms with Gasteiger partial charge in [-0.2, -0.15) is 5.10 Å². The van der Waals surface area contributed by atoms with E-state index in [4.69, 9.17) is 9.47 Å². The first-order valence-electron chi connectivity index (χ1n) is 7.13. The van der Waals surface area contributed by atoms with Crippen molar-refractivity contribution in [1.82, 2.24) is 15.1 Å². The first-order chi connectivity index (χ1) is 10.1. The lowest BCUT2D eigenvalue weighted by Gasteiger charge is -2.11. The molecular formula is C16H23N3O2. The second-order valence-corrected chi connectivity index (χ2v) is 4.94. The molecule has 1 aromatic heterocycles. The molecule has 2 aromatic rings. The molecule has 0 amide bonds. The Bertz CT molecular complexity index is 593. The van der Waals surface area contributed by atoms with Crippen LogP contribution in [0.2, 0.25) is 0 Å². The van der Waals surface area contributed by atoms with Crippen molar-refractivity contribution >= 4 is 0 Å². The van der Waals surface area contributed by atoms with Crippen molar-refractivity contribution in [1.29, 1.82) is 0 Å². The third kappa shape index (κ3) is 3.98. The van der Waals surface area contributed by atoms with Gasteiger partial charge in [0.1, 0.15) is 0 Å². The number of ether oxygens (including phenoxy) is 2. The molecule has 1 N–H and O–H groups in total. The van der Waals surface area contributed by atoms with Gasteiger partial charge in [0.25, 0.3) is 0 Å². The Kier molecular flexibility index (Phi) is 5.22. The number of rotatable bonds is 7. The summed E-state index contributed by atoms with van der Waals surface area (Å²) in [6, 6.07) is 6.01. The van der Waals surface area contributed by atoms with E-state index >= 15 is 0 Å². The zero-order valence-corrected chi connectivity index (χ0v) is 13.1. The molecule has 0 aliphatic carbocycles. The average molecular weight is 289 g/mol. The number of nitrogens with one attached hydrogen (secondary N) is 1. The summed E-state index contributed by atoms with van der Waals surface area (Å²) in [7, 11) is 3.60. The van der Waals surface area contributed by atoms with E-state index in [9.17, 15) is 0 Å². The summed E-state index contributed by atoms with van der Waals surface area (Å²) in [6.45, 7) is 6.20. The largest absolute Gasteiger partial charge is 0.493 e. The number of aromatic nitrogens is 2. The van der Waals surface area contributed by atoms with Crippen LogP contribution in [0.15, 0.2) is 24.4 Å². The highest BCUT2D eigenvalue weighted by Gasteiger charge is 2.06. The van der Waals surface area contributed by atoms with Crippen molar-refractivity contribution in [3.8, 4) is 11.5 Å². The molecule has 1 aromatic carbocycles. The van der Waals surface area contributed by atoms with Gasteiger partial charge in [-0.25, -0.2) is 0 Å². The zero-order chi connectivity index (χ0) is 15.2. The monoisotopic (exact) mass is 289 g/mol. The fourth-order valence-corrected chi connectivity index (χ4v) is 2.26. The van der Waals surface area contributed by atoms with Gasteiger partial charge >= 0.3 is 0 Å². The Labute approximate surface area is 125 Å². The molecule has 0 saturated heterocycles. The normalized spacial score (nSPS) is 10.7. The van der Waals surface area contributed by atoms with Crippen LogP contribution in [0, 0.1) is 6.92 Å². The van der Waals surface area contributed by atoms with E-state index in [0.29, 0.717) is 6.61 Å². The van der Waals surface area contributed by atoms with Crippen LogP contribution in [-0.4, -0.2) is 23.5 Å². The third-order valence-electron chi connectivity index (χ3n) is 3.29. The predicted octanol–water partition coefficient (Wildman–Crippen LogP) is 2.43. The van der Waals surface area contributed by atoms with E-state index in [1.54, 1.807) is 7.11 Å². The zero-order valence-electron chi connectivity index (χ0n) is 13.1. The molecule has 0 fully saturated rings. The molecule has 0 radical (unpaired) electrons.